The summed E-state index contributed by atoms with van der Waals surface area (Å²) in [5, 5.41) is 9.13. The molecule has 2 rings (SSSR count). The lowest BCUT2D eigenvalue weighted by Gasteiger charge is -2.13. The Morgan fingerprint density at radius 1 is 1.32 bits per heavy atom. The van der Waals surface area contributed by atoms with Crippen LogP contribution in [0.25, 0.3) is 11.3 Å². The normalized spacial score (nSPS) is 10.1. The molecule has 0 spiro atoms. The molecule has 0 atom stereocenters. The van der Waals surface area contributed by atoms with Crippen LogP contribution < -0.4 is 20.7 Å². The van der Waals surface area contributed by atoms with Crippen LogP contribution in [-0.2, 0) is 0 Å². The first-order chi connectivity index (χ1) is 10.5. The summed E-state index contributed by atoms with van der Waals surface area (Å²) in [5.41, 5.74) is -1.05. The number of methoxy groups -OCH3 is 1. The number of hydrogen-bond donors (Lipinski definition) is 2. The molecule has 0 fully saturated rings. The van der Waals surface area contributed by atoms with Crippen molar-refractivity contribution in [1.82, 2.24) is 9.97 Å². The van der Waals surface area contributed by atoms with Crippen molar-refractivity contribution in [2.24, 2.45) is 0 Å². The fraction of sp³-hybridized carbons (Fsp3) is 0.214. The first-order valence-electron chi connectivity index (χ1n) is 6.29. The fourth-order valence-electron chi connectivity index (χ4n) is 1.96. The van der Waals surface area contributed by atoms with Crippen LogP contribution in [0.15, 0.2) is 26.2 Å². The van der Waals surface area contributed by atoms with E-state index in [9.17, 15) is 9.59 Å². The highest BCUT2D eigenvalue weighted by Gasteiger charge is 2.16. The molecule has 2 aromatic rings. The smallest absolute Gasteiger partial charge is 0.326 e. The quantitative estimate of drug-likeness (QED) is 0.858. The van der Waals surface area contributed by atoms with Crippen LogP contribution in [-0.4, -0.2) is 23.7 Å². The van der Waals surface area contributed by atoms with Gasteiger partial charge in [0.05, 0.1) is 23.9 Å². The van der Waals surface area contributed by atoms with Gasteiger partial charge in [-0.15, -0.1) is 0 Å². The molecule has 0 saturated carbocycles. The molecule has 1 aromatic heterocycles. The van der Waals surface area contributed by atoms with Gasteiger partial charge in [-0.2, -0.15) is 5.26 Å². The van der Waals surface area contributed by atoms with Crippen molar-refractivity contribution in [3.8, 4) is 28.8 Å². The van der Waals surface area contributed by atoms with E-state index >= 15 is 0 Å². The van der Waals surface area contributed by atoms with Gasteiger partial charge in [0, 0.05) is 5.56 Å². The predicted molar refractivity (Wildman–Crippen MR) is 83.3 cm³/mol. The second-order valence-corrected chi connectivity index (χ2v) is 5.05. The van der Waals surface area contributed by atoms with Crippen LogP contribution in [0, 0.1) is 11.3 Å². The summed E-state index contributed by atoms with van der Waals surface area (Å²) in [5.74, 6) is 0.913. The van der Waals surface area contributed by atoms with Crippen LogP contribution in [0.3, 0.4) is 0 Å². The van der Waals surface area contributed by atoms with Crippen molar-refractivity contribution in [3.05, 3.63) is 43.0 Å². The van der Waals surface area contributed by atoms with E-state index < -0.39 is 11.2 Å². The first kappa shape index (κ1) is 15.9. The van der Waals surface area contributed by atoms with Crippen molar-refractivity contribution in [2.45, 2.75) is 6.92 Å². The maximum absolute atomic E-state index is 11.7. The maximum atomic E-state index is 11.7. The first-order valence-corrected chi connectivity index (χ1v) is 7.08. The summed E-state index contributed by atoms with van der Waals surface area (Å²) in [7, 11) is 1.47. The van der Waals surface area contributed by atoms with Gasteiger partial charge in [0.2, 0.25) is 0 Å². The van der Waals surface area contributed by atoms with Gasteiger partial charge in [0.25, 0.3) is 5.56 Å². The molecule has 7 nitrogen and oxygen atoms in total. The van der Waals surface area contributed by atoms with E-state index in [0.29, 0.717) is 28.1 Å². The number of hydrogen-bond acceptors (Lipinski definition) is 5. The van der Waals surface area contributed by atoms with E-state index in [2.05, 4.69) is 20.9 Å². The number of nitrogens with one attached hydrogen (secondary N) is 2. The minimum absolute atomic E-state index is 0.123. The lowest BCUT2D eigenvalue weighted by molar-refractivity contribution is 0.309. The second kappa shape index (κ2) is 6.49. The highest BCUT2D eigenvalue weighted by Crippen LogP contribution is 2.39. The summed E-state index contributed by atoms with van der Waals surface area (Å²) in [6.07, 6.45) is 0. The molecule has 0 unspecified atom stereocenters. The molecule has 1 heterocycles. The number of nitriles is 1. The minimum atomic E-state index is -0.745. The molecule has 22 heavy (non-hydrogen) atoms. The Bertz CT molecular complexity index is 864. The number of nitrogens with zero attached hydrogens (tertiary/aromatic N) is 1. The Kier molecular flexibility index (Phi) is 4.68. The highest BCUT2D eigenvalue weighted by molar-refractivity contribution is 9.10. The number of rotatable bonds is 4. The molecule has 8 heteroatoms. The third kappa shape index (κ3) is 2.89. The zero-order valence-electron chi connectivity index (χ0n) is 11.8. The second-order valence-electron chi connectivity index (χ2n) is 4.19. The van der Waals surface area contributed by atoms with E-state index in [1.807, 2.05) is 11.9 Å². The van der Waals surface area contributed by atoms with Crippen LogP contribution in [0.4, 0.5) is 0 Å². The molecular formula is C14H12BrN3O4. The summed E-state index contributed by atoms with van der Waals surface area (Å²) < 4.78 is 11.3. The Labute approximate surface area is 133 Å². The van der Waals surface area contributed by atoms with E-state index in [-0.39, 0.29) is 11.3 Å². The van der Waals surface area contributed by atoms with E-state index in [1.54, 1.807) is 18.2 Å². The standard InChI is InChI=1S/C14H12BrN3O4/c1-3-22-12-9(15)4-7(5-10(12)21-2)11-8(6-16)13(19)18-14(20)17-11/h4-5H,3H2,1-2H3,(H2,17,18,19,20). The number of benzene rings is 1. The largest absolute Gasteiger partial charge is 0.493 e. The van der Waals surface area contributed by atoms with Gasteiger partial charge in [-0.3, -0.25) is 9.78 Å². The zero-order valence-corrected chi connectivity index (χ0v) is 13.4. The molecule has 1 aromatic carbocycles. The van der Waals surface area contributed by atoms with Gasteiger partial charge < -0.3 is 14.5 Å². The Morgan fingerprint density at radius 2 is 2.05 bits per heavy atom. The fourth-order valence-corrected chi connectivity index (χ4v) is 2.51. The molecule has 0 amide bonds. The Balaban J connectivity index is 2.75. The van der Waals surface area contributed by atoms with Crippen LogP contribution in [0.1, 0.15) is 12.5 Å². The average Bonchev–Trinajstić information content (AvgIpc) is 2.48. The highest BCUT2D eigenvalue weighted by atomic mass is 79.9. The molecule has 0 aliphatic carbocycles. The van der Waals surface area contributed by atoms with Gasteiger partial charge in [-0.05, 0) is 35.0 Å². The summed E-state index contributed by atoms with van der Waals surface area (Å²) in [4.78, 5) is 27.7. The number of aromatic amines is 2. The average molecular weight is 366 g/mol. The summed E-state index contributed by atoms with van der Waals surface area (Å²) in [6, 6.07) is 5.01. The van der Waals surface area contributed by atoms with E-state index in [4.69, 9.17) is 14.7 Å². The third-order valence-electron chi connectivity index (χ3n) is 2.86. The van der Waals surface area contributed by atoms with Gasteiger partial charge in [0.15, 0.2) is 11.5 Å². The molecule has 2 N–H and O–H groups in total. The number of ether oxygens (including phenoxy) is 2. The van der Waals surface area contributed by atoms with Crippen molar-refractivity contribution in [3.63, 3.8) is 0 Å². The molecular weight excluding hydrogens is 354 g/mol. The lowest BCUT2D eigenvalue weighted by Crippen LogP contribution is -2.25. The Morgan fingerprint density at radius 3 is 2.64 bits per heavy atom. The van der Waals surface area contributed by atoms with Crippen LogP contribution >= 0.6 is 15.9 Å². The molecule has 0 aliphatic rings. The summed E-state index contributed by atoms with van der Waals surface area (Å²) in [6.45, 7) is 2.28. The van der Waals surface area contributed by atoms with Gasteiger partial charge in [-0.25, -0.2) is 4.79 Å². The number of aromatic nitrogens is 2. The predicted octanol–water partition coefficient (Wildman–Crippen LogP) is 1.77. The van der Waals surface area contributed by atoms with Crippen molar-refractivity contribution in [2.75, 3.05) is 13.7 Å². The van der Waals surface area contributed by atoms with E-state index in [0.717, 1.165) is 0 Å². The minimum Gasteiger partial charge on any atom is -0.493 e. The molecule has 0 radical (unpaired) electrons. The molecule has 0 saturated heterocycles. The van der Waals surface area contributed by atoms with Gasteiger partial charge in [0.1, 0.15) is 11.6 Å². The van der Waals surface area contributed by atoms with Gasteiger partial charge in [-0.1, -0.05) is 0 Å². The molecule has 114 valence electrons. The SMILES string of the molecule is CCOc1c(Br)cc(-c2[nH]c(=O)[nH]c(=O)c2C#N)cc1OC. The molecule has 0 bridgehead atoms. The van der Waals surface area contributed by atoms with Crippen molar-refractivity contribution < 1.29 is 9.47 Å². The Hall–Kier alpha value is -2.53. The summed E-state index contributed by atoms with van der Waals surface area (Å²) >= 11 is 3.35. The third-order valence-corrected chi connectivity index (χ3v) is 3.45. The monoisotopic (exact) mass is 365 g/mol. The lowest BCUT2D eigenvalue weighted by atomic mass is 10.1. The van der Waals surface area contributed by atoms with Crippen LogP contribution in [0.2, 0.25) is 0 Å². The van der Waals surface area contributed by atoms with Crippen LogP contribution in [0.5, 0.6) is 11.5 Å². The maximum Gasteiger partial charge on any atom is 0.326 e. The topological polar surface area (TPSA) is 108 Å². The van der Waals surface area contributed by atoms with Crippen molar-refractivity contribution in [1.29, 1.82) is 5.26 Å². The van der Waals surface area contributed by atoms with Gasteiger partial charge >= 0.3 is 5.69 Å². The number of halogens is 1. The van der Waals surface area contributed by atoms with E-state index in [1.165, 1.54) is 7.11 Å². The zero-order chi connectivity index (χ0) is 16.3. The van der Waals surface area contributed by atoms with Crippen molar-refractivity contribution >= 4 is 15.9 Å². The number of H-pyrrole nitrogens is 2. The molecule has 0 aliphatic heterocycles.